The first-order chi connectivity index (χ1) is 11.2. The van der Waals surface area contributed by atoms with Crippen molar-refractivity contribution in [1.82, 2.24) is 0 Å². The van der Waals surface area contributed by atoms with Crippen molar-refractivity contribution < 1.29 is 18.6 Å². The molecule has 0 saturated heterocycles. The summed E-state index contributed by atoms with van der Waals surface area (Å²) in [6, 6.07) is 8.20. The minimum atomic E-state index is -2.41. The number of rotatable bonds is 10. The third kappa shape index (κ3) is 8.65. The van der Waals surface area contributed by atoms with Crippen LogP contribution >= 0.6 is 7.37 Å². The van der Waals surface area contributed by atoms with Gasteiger partial charge < -0.3 is 9.26 Å². The van der Waals surface area contributed by atoms with Gasteiger partial charge in [-0.25, -0.2) is 0 Å². The van der Waals surface area contributed by atoms with Crippen LogP contribution in [0.3, 0.4) is 0 Å². The molecule has 0 heterocycles. The number of carbonyl (C=O) groups is 1. The first kappa shape index (κ1) is 20.9. The lowest BCUT2D eigenvalue weighted by molar-refractivity contribution is -0.145. The summed E-state index contributed by atoms with van der Waals surface area (Å²) in [5.41, 5.74) is 2.27. The summed E-state index contributed by atoms with van der Waals surface area (Å²) in [4.78, 5) is 12.1. The first-order valence-corrected chi connectivity index (χ1v) is 11.2. The van der Waals surface area contributed by atoms with E-state index in [4.69, 9.17) is 9.26 Å². The molecule has 4 nitrogen and oxygen atoms in total. The number of esters is 1. The van der Waals surface area contributed by atoms with Crippen LogP contribution in [0.25, 0.3) is 0 Å². The second-order valence-electron chi connectivity index (χ2n) is 7.02. The average molecular weight is 354 g/mol. The van der Waals surface area contributed by atoms with Crippen molar-refractivity contribution >= 4 is 13.3 Å². The van der Waals surface area contributed by atoms with Gasteiger partial charge >= 0.3 is 5.97 Å². The van der Waals surface area contributed by atoms with Gasteiger partial charge in [-0.15, -0.1) is 0 Å². The van der Waals surface area contributed by atoms with Crippen molar-refractivity contribution in [2.75, 3.05) is 26.5 Å². The zero-order valence-corrected chi connectivity index (χ0v) is 16.5. The van der Waals surface area contributed by atoms with Crippen molar-refractivity contribution in [1.29, 1.82) is 0 Å². The van der Waals surface area contributed by atoms with Crippen LogP contribution in [0.4, 0.5) is 0 Å². The number of ether oxygens (including phenoxy) is 1. The molecule has 0 aromatic heterocycles. The Morgan fingerprint density at radius 2 is 1.62 bits per heavy atom. The molecule has 0 bridgehead atoms. The summed E-state index contributed by atoms with van der Waals surface area (Å²) in [6.07, 6.45) is 2.49. The van der Waals surface area contributed by atoms with E-state index >= 15 is 0 Å². The Kier molecular flexibility index (Phi) is 8.72. The van der Waals surface area contributed by atoms with Gasteiger partial charge in [0, 0.05) is 13.3 Å². The summed E-state index contributed by atoms with van der Waals surface area (Å²) in [5, 5.41) is 0. The molecule has 0 spiro atoms. The minimum Gasteiger partial charge on any atom is -0.465 e. The molecule has 0 aliphatic carbocycles. The Morgan fingerprint density at radius 1 is 1.04 bits per heavy atom. The van der Waals surface area contributed by atoms with Crippen molar-refractivity contribution in [3.05, 3.63) is 35.4 Å². The van der Waals surface area contributed by atoms with E-state index in [0.717, 1.165) is 18.4 Å². The van der Waals surface area contributed by atoms with Crippen molar-refractivity contribution in [2.24, 2.45) is 5.92 Å². The van der Waals surface area contributed by atoms with Crippen LogP contribution in [0.2, 0.25) is 0 Å². The zero-order chi connectivity index (χ0) is 18.2. The molecule has 0 N–H and O–H groups in total. The molecular weight excluding hydrogens is 323 g/mol. The highest BCUT2D eigenvalue weighted by Gasteiger charge is 2.16. The molecule has 1 atom stereocenters. The second kappa shape index (κ2) is 10.0. The maximum Gasteiger partial charge on any atom is 0.313 e. The van der Waals surface area contributed by atoms with E-state index in [0.29, 0.717) is 25.6 Å². The third-order valence-corrected chi connectivity index (χ3v) is 4.47. The van der Waals surface area contributed by atoms with Gasteiger partial charge in [-0.05, 0) is 43.2 Å². The van der Waals surface area contributed by atoms with Crippen LogP contribution in [0, 0.1) is 5.92 Å². The minimum absolute atomic E-state index is 0.204. The standard InChI is InChI=1S/C19H31O4P/c1-15(2)14-17-8-10-18(11-9-17)16(3)19(20)22-12-6-7-13-23-24(4,5)21/h8-11,15-16H,6-7,12-14H2,1-5H3. The molecule has 1 aromatic rings. The smallest absolute Gasteiger partial charge is 0.313 e. The van der Waals surface area contributed by atoms with E-state index in [1.54, 1.807) is 13.3 Å². The Labute approximate surface area is 146 Å². The fourth-order valence-electron chi connectivity index (χ4n) is 2.34. The molecule has 0 aliphatic rings. The van der Waals surface area contributed by atoms with Gasteiger partial charge in [-0.1, -0.05) is 38.1 Å². The SMILES string of the molecule is CC(C)Cc1ccc(C(C)C(=O)OCCCCOP(C)(C)=O)cc1. The summed E-state index contributed by atoms with van der Waals surface area (Å²) >= 11 is 0. The van der Waals surface area contributed by atoms with Crippen molar-refractivity contribution in [2.45, 2.75) is 46.0 Å². The van der Waals surface area contributed by atoms with E-state index in [-0.39, 0.29) is 11.9 Å². The van der Waals surface area contributed by atoms with Crippen LogP contribution in [-0.4, -0.2) is 32.5 Å². The Hall–Kier alpha value is -1.12. The number of unbranched alkanes of at least 4 members (excludes halogenated alkanes) is 1. The zero-order valence-electron chi connectivity index (χ0n) is 15.6. The Morgan fingerprint density at radius 3 is 2.17 bits per heavy atom. The maximum atomic E-state index is 12.1. The predicted octanol–water partition coefficient (Wildman–Crippen LogP) is 4.87. The van der Waals surface area contributed by atoms with Crippen molar-refractivity contribution in [3.8, 4) is 0 Å². The second-order valence-corrected chi connectivity index (χ2v) is 9.78. The number of carbonyl (C=O) groups excluding carboxylic acids is 1. The van der Waals surface area contributed by atoms with E-state index in [1.807, 2.05) is 19.1 Å². The highest BCUT2D eigenvalue weighted by molar-refractivity contribution is 7.57. The average Bonchev–Trinajstić information content (AvgIpc) is 2.49. The number of benzene rings is 1. The summed E-state index contributed by atoms with van der Waals surface area (Å²) in [6.45, 7) is 10.3. The number of hydrogen-bond donors (Lipinski definition) is 0. The first-order valence-electron chi connectivity index (χ1n) is 8.64. The molecule has 1 aromatic carbocycles. The number of hydrogen-bond acceptors (Lipinski definition) is 4. The van der Waals surface area contributed by atoms with Gasteiger partial charge in [0.25, 0.3) is 0 Å². The molecule has 5 heteroatoms. The van der Waals surface area contributed by atoms with Gasteiger partial charge in [0.05, 0.1) is 19.1 Å². The van der Waals surface area contributed by atoms with Gasteiger partial charge in [-0.2, -0.15) is 0 Å². The molecule has 1 rings (SSSR count). The van der Waals surface area contributed by atoms with E-state index < -0.39 is 7.37 Å². The largest absolute Gasteiger partial charge is 0.465 e. The lowest BCUT2D eigenvalue weighted by Crippen LogP contribution is -2.14. The molecule has 24 heavy (non-hydrogen) atoms. The van der Waals surface area contributed by atoms with Gasteiger partial charge in [0.2, 0.25) is 0 Å². The van der Waals surface area contributed by atoms with Crippen LogP contribution in [0.15, 0.2) is 24.3 Å². The monoisotopic (exact) mass is 354 g/mol. The van der Waals surface area contributed by atoms with E-state index in [1.165, 1.54) is 5.56 Å². The Balaban J connectivity index is 2.33. The van der Waals surface area contributed by atoms with Crippen LogP contribution < -0.4 is 0 Å². The Bertz CT molecular complexity index is 545. The fourth-order valence-corrected chi connectivity index (χ4v) is 2.90. The van der Waals surface area contributed by atoms with Crippen LogP contribution in [0.5, 0.6) is 0 Å². The molecule has 0 saturated carbocycles. The third-order valence-electron chi connectivity index (χ3n) is 3.66. The van der Waals surface area contributed by atoms with E-state index in [9.17, 15) is 9.36 Å². The predicted molar refractivity (Wildman–Crippen MR) is 99.0 cm³/mol. The van der Waals surface area contributed by atoms with Crippen molar-refractivity contribution in [3.63, 3.8) is 0 Å². The van der Waals surface area contributed by atoms with Crippen LogP contribution in [-0.2, 0) is 25.0 Å². The highest BCUT2D eigenvalue weighted by Crippen LogP contribution is 2.37. The molecule has 0 amide bonds. The molecule has 0 aliphatic heterocycles. The molecule has 136 valence electrons. The summed E-state index contributed by atoms with van der Waals surface area (Å²) in [5.74, 6) is 0.154. The summed E-state index contributed by atoms with van der Waals surface area (Å²) in [7, 11) is -2.41. The quantitative estimate of drug-likeness (QED) is 0.342. The lowest BCUT2D eigenvalue weighted by Gasteiger charge is -2.13. The fraction of sp³-hybridized carbons (Fsp3) is 0.632. The molecule has 0 radical (unpaired) electrons. The summed E-state index contributed by atoms with van der Waals surface area (Å²) < 4.78 is 21.9. The van der Waals surface area contributed by atoms with Gasteiger partial charge in [0.15, 0.2) is 7.37 Å². The lowest BCUT2D eigenvalue weighted by atomic mass is 9.97. The topological polar surface area (TPSA) is 52.6 Å². The molecule has 1 unspecified atom stereocenters. The normalized spacial score (nSPS) is 13.1. The van der Waals surface area contributed by atoms with Gasteiger partial charge in [0.1, 0.15) is 0 Å². The van der Waals surface area contributed by atoms with E-state index in [2.05, 4.69) is 26.0 Å². The molecular formula is C19H31O4P. The van der Waals surface area contributed by atoms with Crippen LogP contribution in [0.1, 0.15) is 50.7 Å². The maximum absolute atomic E-state index is 12.1. The van der Waals surface area contributed by atoms with Gasteiger partial charge in [-0.3, -0.25) is 9.36 Å². The molecule has 0 fully saturated rings. The highest BCUT2D eigenvalue weighted by atomic mass is 31.2.